The molecule has 4 aromatic heterocycles. The van der Waals surface area contributed by atoms with Crippen LogP contribution in [0.4, 0.5) is 9.18 Å². The highest BCUT2D eigenvalue weighted by Crippen LogP contribution is 2.48. The van der Waals surface area contributed by atoms with Gasteiger partial charge in [-0.15, -0.1) is 11.3 Å². The van der Waals surface area contributed by atoms with Crippen LogP contribution >= 0.6 is 11.3 Å². The molecule has 0 spiro atoms. The van der Waals surface area contributed by atoms with Gasteiger partial charge in [0, 0.05) is 27.9 Å². The number of hydrogen-bond donors (Lipinski definition) is 4. The maximum Gasteiger partial charge on any atom is 0.407 e. The molecule has 3 unspecified atom stereocenters. The van der Waals surface area contributed by atoms with Gasteiger partial charge in [0.1, 0.15) is 29.8 Å². The minimum absolute atomic E-state index is 0.169. The Morgan fingerprint density at radius 1 is 0.966 bits per heavy atom. The Balaban J connectivity index is 0.00000141. The van der Waals surface area contributed by atoms with Crippen molar-refractivity contribution in [3.05, 3.63) is 88.1 Å². The predicted octanol–water partition coefficient (Wildman–Crippen LogP) is 9.04. The Kier molecular flexibility index (Phi) is 10.5. The van der Waals surface area contributed by atoms with Gasteiger partial charge in [0.25, 0.3) is 0 Å². The van der Waals surface area contributed by atoms with Gasteiger partial charge in [0.05, 0.1) is 64.6 Å². The summed E-state index contributed by atoms with van der Waals surface area (Å²) in [5, 5.41) is 6.96. The first-order chi connectivity index (χ1) is 28.3. The number of thiophene rings is 1. The van der Waals surface area contributed by atoms with Crippen LogP contribution in [0, 0.1) is 11.7 Å². The minimum Gasteiger partial charge on any atom is -0.464 e. The van der Waals surface area contributed by atoms with Crippen molar-refractivity contribution in [2.45, 2.75) is 83.5 Å². The predicted molar refractivity (Wildman–Crippen MR) is 222 cm³/mol. The number of imidazole rings is 2. The number of fused-ring (bicyclic) bond motifs is 5. The maximum absolute atomic E-state index is 16.6. The summed E-state index contributed by atoms with van der Waals surface area (Å²) in [7, 11) is 1.26. The van der Waals surface area contributed by atoms with E-state index in [0.717, 1.165) is 83.1 Å². The van der Waals surface area contributed by atoms with Gasteiger partial charge in [-0.3, -0.25) is 9.36 Å². The number of carbonyl (C=O) groups excluding carboxylic acids is 2. The number of ether oxygens (including phenoxy) is 2. The number of rotatable bonds is 9. The summed E-state index contributed by atoms with van der Waals surface area (Å²) >= 11 is 1.77. The van der Waals surface area contributed by atoms with Gasteiger partial charge in [-0.2, -0.15) is 0 Å². The highest BCUT2D eigenvalue weighted by Gasteiger charge is 2.35. The number of aromatic nitrogens is 5. The highest BCUT2D eigenvalue weighted by atomic mass is 32.1. The van der Waals surface area contributed by atoms with Crippen LogP contribution < -0.4 is 15.4 Å². The van der Waals surface area contributed by atoms with Crippen LogP contribution in [0.3, 0.4) is 0 Å². The van der Waals surface area contributed by atoms with E-state index in [1.54, 1.807) is 22.4 Å². The fraction of sp³-hybridized carbons (Fsp3) is 0.409. The summed E-state index contributed by atoms with van der Waals surface area (Å²) in [6.45, 7) is 5.63. The summed E-state index contributed by atoms with van der Waals surface area (Å²) in [6.07, 6.45) is 11.0. The topological polar surface area (TPSA) is 142 Å². The van der Waals surface area contributed by atoms with E-state index in [-0.39, 0.29) is 24.5 Å². The fourth-order valence-electron chi connectivity index (χ4n) is 8.43. The molecular weight excluding hydrogens is 756 g/mol. The lowest BCUT2D eigenvalue weighted by molar-refractivity contribution is -0.131. The molecule has 6 aromatic rings. The molecule has 1 aliphatic carbocycles. The van der Waals surface area contributed by atoms with E-state index in [9.17, 15) is 9.59 Å². The van der Waals surface area contributed by atoms with Crippen molar-refractivity contribution in [3.8, 4) is 39.5 Å². The average Bonchev–Trinajstić information content (AvgIpc) is 3.96. The number of benzene rings is 2. The zero-order valence-corrected chi connectivity index (χ0v) is 33.9. The second-order valence-electron chi connectivity index (χ2n) is 15.7. The van der Waals surface area contributed by atoms with Crippen molar-refractivity contribution in [2.24, 2.45) is 5.92 Å². The van der Waals surface area contributed by atoms with E-state index in [1.807, 2.05) is 12.3 Å². The van der Waals surface area contributed by atoms with E-state index in [4.69, 9.17) is 9.72 Å². The molecule has 1 saturated carbocycles. The summed E-state index contributed by atoms with van der Waals surface area (Å²) in [4.78, 5) is 44.9. The molecule has 302 valence electrons. The van der Waals surface area contributed by atoms with Crippen LogP contribution in [0.2, 0.25) is 0 Å². The molecular formula is C44H49FN8O4S. The first kappa shape index (κ1) is 38.1. The number of aromatic amines is 2. The number of H-pyrrole nitrogens is 2. The number of alkyl carbamates (subject to hydrolysis) is 1. The largest absolute Gasteiger partial charge is 0.464 e. The van der Waals surface area contributed by atoms with Gasteiger partial charge in [0.15, 0.2) is 0 Å². The van der Waals surface area contributed by atoms with Crippen molar-refractivity contribution in [1.29, 1.82) is 0 Å². The van der Waals surface area contributed by atoms with E-state index in [2.05, 4.69) is 85.1 Å². The molecule has 3 fully saturated rings. The molecule has 7 heterocycles. The Labute approximate surface area is 340 Å². The molecule has 2 aromatic carbocycles. The van der Waals surface area contributed by atoms with E-state index >= 15 is 4.39 Å². The molecule has 10 rings (SSSR count). The van der Waals surface area contributed by atoms with Gasteiger partial charge < -0.3 is 35.0 Å². The molecule has 3 aliphatic heterocycles. The highest BCUT2D eigenvalue weighted by molar-refractivity contribution is 7.12. The van der Waals surface area contributed by atoms with Gasteiger partial charge >= 0.3 is 6.09 Å². The van der Waals surface area contributed by atoms with E-state index in [0.29, 0.717) is 34.9 Å². The smallest absolute Gasteiger partial charge is 0.407 e. The number of halogens is 1. The molecule has 2 saturated heterocycles. The number of nitrogens with one attached hydrogen (secondary N) is 4. The number of nitrogens with zero attached hydrogens (tertiary/aromatic N) is 4. The molecule has 3 atom stereocenters. The first-order valence-corrected chi connectivity index (χ1v) is 21.3. The van der Waals surface area contributed by atoms with Crippen LogP contribution in [0.25, 0.3) is 44.7 Å². The Hall–Kier alpha value is -5.47. The third kappa shape index (κ3) is 7.39. The second-order valence-corrected chi connectivity index (χ2v) is 16.9. The van der Waals surface area contributed by atoms with Gasteiger partial charge in [-0.05, 0) is 99.9 Å². The molecule has 0 bridgehead atoms. The third-order valence-electron chi connectivity index (χ3n) is 11.4. The van der Waals surface area contributed by atoms with E-state index < -0.39 is 18.1 Å². The number of methoxy groups -OCH3 is 1. The summed E-state index contributed by atoms with van der Waals surface area (Å²) in [6, 6.07) is 16.1. The van der Waals surface area contributed by atoms with Crippen LogP contribution in [-0.4, -0.2) is 68.1 Å². The standard InChI is InChI=1S/C41H41FN8O4S.C3H8/c1-53-41(52)46-21-36(51)49-13-3-5-32(49)39-45-20-30(48-39)24-16-27(42)37-33-17-25-15-23(29-19-44-38(47-29)28-4-2-12-43-28)8-10-31(25)50(33)40(54-34(37)18-24)35-11-9-26(55-35)14-22-6-7-22;1-3-2/h8-11,15-20,22,28,32,40,43H,2-7,12-14,21H2,1H3,(H,44,47)(H,45,48)(H,46,52);3H2,1-2H3. The number of amides is 2. The maximum atomic E-state index is 16.6. The lowest BCUT2D eigenvalue weighted by atomic mass is 10.0. The molecule has 4 N–H and O–H groups in total. The first-order valence-electron chi connectivity index (χ1n) is 20.5. The van der Waals surface area contributed by atoms with Crippen molar-refractivity contribution in [2.75, 3.05) is 26.7 Å². The number of hydrogen-bond acceptors (Lipinski definition) is 8. The van der Waals surface area contributed by atoms with Crippen molar-refractivity contribution >= 4 is 34.2 Å². The second kappa shape index (κ2) is 16.1. The lowest BCUT2D eigenvalue weighted by Gasteiger charge is -2.30. The van der Waals surface area contributed by atoms with Crippen molar-refractivity contribution < 1.29 is 23.5 Å². The third-order valence-corrected chi connectivity index (χ3v) is 12.5. The Morgan fingerprint density at radius 3 is 2.53 bits per heavy atom. The number of carbonyl (C=O) groups is 2. The summed E-state index contributed by atoms with van der Waals surface area (Å²) < 4.78 is 30.2. The lowest BCUT2D eigenvalue weighted by Crippen LogP contribution is -2.40. The zero-order chi connectivity index (χ0) is 39.9. The average molecular weight is 805 g/mol. The normalized spacial score (nSPS) is 19.7. The summed E-state index contributed by atoms with van der Waals surface area (Å²) in [5.74, 6) is 2.15. The van der Waals surface area contributed by atoms with Crippen LogP contribution in [0.15, 0.2) is 60.9 Å². The number of likely N-dealkylation sites (tertiary alicyclic amines) is 1. The molecule has 12 nitrogen and oxygen atoms in total. The molecule has 2 amide bonds. The Morgan fingerprint density at radius 2 is 1.76 bits per heavy atom. The molecule has 58 heavy (non-hydrogen) atoms. The van der Waals surface area contributed by atoms with Gasteiger partial charge in [0.2, 0.25) is 12.1 Å². The zero-order valence-electron chi connectivity index (χ0n) is 33.1. The minimum atomic E-state index is -0.661. The quantitative estimate of drug-likeness (QED) is 0.114. The fourth-order valence-corrected chi connectivity index (χ4v) is 9.58. The van der Waals surface area contributed by atoms with Crippen LogP contribution in [-0.2, 0) is 16.0 Å². The van der Waals surface area contributed by atoms with Crippen molar-refractivity contribution in [1.82, 2.24) is 40.0 Å². The van der Waals surface area contributed by atoms with Gasteiger partial charge in [-0.1, -0.05) is 26.3 Å². The summed E-state index contributed by atoms with van der Waals surface area (Å²) in [5.41, 5.74) is 5.30. The van der Waals surface area contributed by atoms with Crippen LogP contribution in [0.5, 0.6) is 5.75 Å². The molecule has 4 aliphatic rings. The van der Waals surface area contributed by atoms with Crippen LogP contribution in [0.1, 0.15) is 98.5 Å². The van der Waals surface area contributed by atoms with Gasteiger partial charge in [-0.25, -0.2) is 19.2 Å². The SMILES string of the molecule is CCC.COC(=O)NCC(=O)N1CCCC1c1ncc(-c2cc(F)c3c(c2)OC(c2ccc(CC4CC4)s2)n2c-3cc3cc(-c4cnc(C5CCCN5)[nH]4)ccc32)[nH]1. The van der Waals surface area contributed by atoms with Crippen molar-refractivity contribution in [3.63, 3.8) is 0 Å². The van der Waals surface area contributed by atoms with E-state index in [1.165, 1.54) is 37.3 Å². The Bertz CT molecular complexity index is 2460. The molecule has 14 heteroatoms. The molecule has 0 radical (unpaired) electrons. The monoisotopic (exact) mass is 804 g/mol.